The predicted octanol–water partition coefficient (Wildman–Crippen LogP) is 5.32. The second-order valence-electron chi connectivity index (χ2n) is 5.76. The monoisotopic (exact) mass is 480 g/mol. The smallest absolute Gasteiger partial charge is 0.405 e. The van der Waals surface area contributed by atoms with Gasteiger partial charge in [0.25, 0.3) is 0 Å². The maximum Gasteiger partial charge on any atom is 0.405 e. The van der Waals surface area contributed by atoms with E-state index >= 15 is 0 Å². The van der Waals surface area contributed by atoms with Crippen LogP contribution in [0.5, 0.6) is 11.5 Å². The average Bonchev–Trinajstić information content (AvgIpc) is 3.19. The van der Waals surface area contributed by atoms with Crippen molar-refractivity contribution in [2.24, 2.45) is 0 Å². The van der Waals surface area contributed by atoms with E-state index in [0.717, 1.165) is 6.07 Å². The van der Waals surface area contributed by atoms with Crippen LogP contribution in [0.3, 0.4) is 0 Å². The van der Waals surface area contributed by atoms with Crippen LogP contribution >= 0.6 is 24.4 Å². The van der Waals surface area contributed by atoms with Gasteiger partial charge in [0, 0.05) is 18.2 Å². The summed E-state index contributed by atoms with van der Waals surface area (Å²) in [6, 6.07) is 6.60. The number of nitrogens with zero attached hydrogens (tertiary/aromatic N) is 1. The van der Waals surface area contributed by atoms with Gasteiger partial charge in [0.15, 0.2) is 16.3 Å². The Morgan fingerprint density at radius 2 is 1.52 bits per heavy atom. The summed E-state index contributed by atoms with van der Waals surface area (Å²) in [5.74, 6) is -0.364. The number of fused-ring (bicyclic) bond motifs is 2. The van der Waals surface area contributed by atoms with E-state index in [1.165, 1.54) is 25.3 Å². The van der Waals surface area contributed by atoms with E-state index < -0.39 is 19.0 Å². The fourth-order valence-electron chi connectivity index (χ4n) is 2.63. The van der Waals surface area contributed by atoms with Gasteiger partial charge in [-0.2, -0.15) is 17.6 Å². The number of hydrogen-bond acceptors (Lipinski definition) is 5. The molecule has 0 aliphatic heterocycles. The summed E-state index contributed by atoms with van der Waals surface area (Å²) < 4.78 is 71.5. The standard InChI is InChI=1S/C9H8F2N2O2S.C8H5F3N2OS/c1-14-6-2-4-5(13-9(16)12-4)3-7(6)15-8(10)11;9-4-1-2-5-6(3-4)13(8(15)12-5)14-7(10)11/h2-3,8H,1H3,(H2,12,13,16);1-3,7H,(H,12,15). The van der Waals surface area contributed by atoms with Crippen LogP contribution in [0.25, 0.3) is 22.1 Å². The number of aromatic amines is 3. The normalized spacial score (nSPS) is 11.1. The van der Waals surface area contributed by atoms with Gasteiger partial charge in [-0.05, 0) is 36.6 Å². The summed E-state index contributed by atoms with van der Waals surface area (Å²) in [7, 11) is 1.38. The second-order valence-corrected chi connectivity index (χ2v) is 6.55. The first-order valence-electron chi connectivity index (χ1n) is 8.28. The minimum Gasteiger partial charge on any atom is -0.493 e. The lowest BCUT2D eigenvalue weighted by Gasteiger charge is -2.09. The number of rotatable bonds is 5. The number of H-pyrrole nitrogens is 3. The van der Waals surface area contributed by atoms with Crippen molar-refractivity contribution in [1.82, 2.24) is 19.7 Å². The fourth-order valence-corrected chi connectivity index (χ4v) is 3.10. The summed E-state index contributed by atoms with van der Waals surface area (Å²) in [5, 5.41) is 0. The molecule has 3 N–H and O–H groups in total. The molecule has 2 aromatic heterocycles. The van der Waals surface area contributed by atoms with E-state index in [9.17, 15) is 22.0 Å². The molecule has 0 bridgehead atoms. The molecule has 0 fully saturated rings. The van der Waals surface area contributed by atoms with Crippen LogP contribution in [0, 0.1) is 15.4 Å². The highest BCUT2D eigenvalue weighted by molar-refractivity contribution is 7.71. The van der Waals surface area contributed by atoms with Crippen LogP contribution in [0.4, 0.5) is 22.0 Å². The SMILES string of the molecule is COc1cc2[nH]c(=S)[nH]c2cc1OC(F)F.Fc1ccc2[nH]c(=S)n(OC(F)F)c2c1. The Morgan fingerprint density at radius 3 is 2.10 bits per heavy atom. The van der Waals surface area contributed by atoms with Gasteiger partial charge in [0.1, 0.15) is 11.3 Å². The van der Waals surface area contributed by atoms with Gasteiger partial charge in [0.05, 0.1) is 23.7 Å². The van der Waals surface area contributed by atoms with Gasteiger partial charge < -0.3 is 29.3 Å². The van der Waals surface area contributed by atoms with Crippen molar-refractivity contribution < 1.29 is 36.3 Å². The van der Waals surface area contributed by atoms with Crippen molar-refractivity contribution in [2.45, 2.75) is 13.2 Å². The number of ether oxygens (including phenoxy) is 2. The Kier molecular flexibility index (Phi) is 6.80. The summed E-state index contributed by atoms with van der Waals surface area (Å²) in [4.78, 5) is 12.4. The molecule has 0 aliphatic carbocycles. The summed E-state index contributed by atoms with van der Waals surface area (Å²) in [6.45, 7) is -5.91. The van der Waals surface area contributed by atoms with Gasteiger partial charge >= 0.3 is 13.2 Å². The molecule has 166 valence electrons. The molecule has 31 heavy (non-hydrogen) atoms. The molecular weight excluding hydrogens is 467 g/mol. The number of aromatic nitrogens is 4. The van der Waals surface area contributed by atoms with Crippen molar-refractivity contribution in [1.29, 1.82) is 0 Å². The highest BCUT2D eigenvalue weighted by atomic mass is 32.1. The highest BCUT2D eigenvalue weighted by Gasteiger charge is 2.13. The Labute approximate surface area is 180 Å². The number of nitrogens with one attached hydrogen (secondary N) is 3. The average molecular weight is 480 g/mol. The third-order valence-electron chi connectivity index (χ3n) is 3.81. The largest absolute Gasteiger partial charge is 0.493 e. The van der Waals surface area contributed by atoms with Crippen LogP contribution in [-0.4, -0.2) is 40.0 Å². The fraction of sp³-hybridized carbons (Fsp3) is 0.176. The Balaban J connectivity index is 0.000000176. The molecule has 0 saturated carbocycles. The zero-order valence-corrected chi connectivity index (χ0v) is 17.1. The van der Waals surface area contributed by atoms with Crippen molar-refractivity contribution in [3.8, 4) is 11.5 Å². The number of hydrogen-bond donors (Lipinski definition) is 3. The Hall–Kier alpha value is -3.13. The molecule has 7 nitrogen and oxygen atoms in total. The van der Waals surface area contributed by atoms with Crippen molar-refractivity contribution in [3.05, 3.63) is 45.7 Å². The lowest BCUT2D eigenvalue weighted by molar-refractivity contribution is -0.130. The number of methoxy groups -OCH3 is 1. The molecule has 0 unspecified atom stereocenters. The first-order valence-corrected chi connectivity index (χ1v) is 9.10. The minimum atomic E-state index is -3.01. The van der Waals surface area contributed by atoms with Crippen LogP contribution in [0.15, 0.2) is 30.3 Å². The quantitative estimate of drug-likeness (QED) is 0.266. The van der Waals surface area contributed by atoms with Crippen LogP contribution in [0.1, 0.15) is 0 Å². The van der Waals surface area contributed by atoms with E-state index in [2.05, 4.69) is 24.5 Å². The molecule has 0 amide bonds. The van der Waals surface area contributed by atoms with Crippen LogP contribution in [-0.2, 0) is 0 Å². The lowest BCUT2D eigenvalue weighted by Crippen LogP contribution is -2.16. The first kappa shape index (κ1) is 22.6. The number of alkyl halides is 4. The lowest BCUT2D eigenvalue weighted by atomic mass is 10.3. The van der Waals surface area contributed by atoms with Gasteiger partial charge in [0.2, 0.25) is 4.77 Å². The maximum absolute atomic E-state index is 12.9. The zero-order chi connectivity index (χ0) is 22.7. The molecular formula is C17H13F5N4O3S2. The second kappa shape index (κ2) is 9.34. The topological polar surface area (TPSA) is 80.0 Å². The maximum atomic E-state index is 12.9. The van der Waals surface area contributed by atoms with Crippen LogP contribution < -0.4 is 14.3 Å². The van der Waals surface area contributed by atoms with E-state index in [0.29, 0.717) is 26.1 Å². The van der Waals surface area contributed by atoms with Gasteiger partial charge in [-0.1, -0.05) is 0 Å². The van der Waals surface area contributed by atoms with Crippen molar-refractivity contribution in [2.75, 3.05) is 7.11 Å². The third kappa shape index (κ3) is 5.32. The summed E-state index contributed by atoms with van der Waals surface area (Å²) >= 11 is 9.62. The first-order chi connectivity index (χ1) is 14.7. The Morgan fingerprint density at radius 1 is 0.871 bits per heavy atom. The van der Waals surface area contributed by atoms with Gasteiger partial charge in [-0.3, -0.25) is 0 Å². The van der Waals surface area contributed by atoms with Crippen molar-refractivity contribution >= 4 is 46.5 Å². The molecule has 0 radical (unpaired) electrons. The molecule has 2 heterocycles. The molecule has 0 saturated heterocycles. The molecule has 4 rings (SSSR count). The van der Waals surface area contributed by atoms with Crippen LogP contribution in [0.2, 0.25) is 0 Å². The van der Waals surface area contributed by atoms with Crippen molar-refractivity contribution in [3.63, 3.8) is 0 Å². The van der Waals surface area contributed by atoms with Gasteiger partial charge in [-0.15, -0.1) is 4.73 Å². The van der Waals surface area contributed by atoms with E-state index in [1.807, 2.05) is 0 Å². The predicted molar refractivity (Wildman–Crippen MR) is 106 cm³/mol. The molecule has 2 aromatic carbocycles. The molecule has 14 heteroatoms. The molecule has 0 aliphatic rings. The molecule has 4 aromatic rings. The minimum absolute atomic E-state index is 0.0322. The summed E-state index contributed by atoms with van der Waals surface area (Å²) in [5.41, 5.74) is 1.83. The van der Waals surface area contributed by atoms with E-state index in [-0.39, 0.29) is 21.8 Å². The number of imidazole rings is 2. The van der Waals surface area contributed by atoms with Gasteiger partial charge in [-0.25, -0.2) is 4.39 Å². The summed E-state index contributed by atoms with van der Waals surface area (Å²) in [6.07, 6.45) is 0. The highest BCUT2D eigenvalue weighted by Crippen LogP contribution is 2.32. The van der Waals surface area contributed by atoms with E-state index in [1.54, 1.807) is 6.07 Å². The Bertz CT molecular complexity index is 1310. The number of halogens is 5. The third-order valence-corrected chi connectivity index (χ3v) is 4.28. The van der Waals surface area contributed by atoms with E-state index in [4.69, 9.17) is 29.2 Å². The zero-order valence-electron chi connectivity index (χ0n) is 15.4. The molecule has 0 spiro atoms. The molecule has 0 atom stereocenters. The number of benzene rings is 2.